The van der Waals surface area contributed by atoms with Crippen LogP contribution in [0.4, 0.5) is 10.7 Å². The van der Waals surface area contributed by atoms with Gasteiger partial charge in [0.15, 0.2) is 6.61 Å². The minimum atomic E-state index is -0.695. The molecule has 2 amide bonds. The van der Waals surface area contributed by atoms with Gasteiger partial charge in [0.2, 0.25) is 5.91 Å². The Bertz CT molecular complexity index is 900. The highest BCUT2D eigenvalue weighted by Gasteiger charge is 2.24. The minimum absolute atomic E-state index is 0.159. The van der Waals surface area contributed by atoms with Crippen LogP contribution in [0, 0.1) is 25.2 Å². The zero-order valence-corrected chi connectivity index (χ0v) is 16.1. The van der Waals surface area contributed by atoms with Crippen molar-refractivity contribution in [3.05, 3.63) is 46.3 Å². The van der Waals surface area contributed by atoms with Crippen LogP contribution in [0.25, 0.3) is 0 Å². The molecule has 2 aromatic rings. The number of nitriles is 1. The number of carbonyl (C=O) groups excluding carboxylic acids is 3. The van der Waals surface area contributed by atoms with E-state index < -0.39 is 18.5 Å². The van der Waals surface area contributed by atoms with Crippen LogP contribution in [-0.2, 0) is 14.3 Å². The first kappa shape index (κ1) is 20.1. The largest absolute Gasteiger partial charge is 0.452 e. The summed E-state index contributed by atoms with van der Waals surface area (Å²) in [6.07, 6.45) is 0. The number of esters is 1. The number of hydrogen-bond donors (Lipinski definition) is 1. The predicted molar refractivity (Wildman–Crippen MR) is 103 cm³/mol. The van der Waals surface area contributed by atoms with E-state index in [-0.39, 0.29) is 18.0 Å². The lowest BCUT2D eigenvalue weighted by Crippen LogP contribution is -2.35. The number of hydrogen-bond acceptors (Lipinski definition) is 6. The molecule has 140 valence electrons. The molecule has 1 aromatic heterocycles. The van der Waals surface area contributed by atoms with Crippen molar-refractivity contribution >= 4 is 39.8 Å². The molecule has 0 saturated heterocycles. The number of amides is 2. The predicted octanol–water partition coefficient (Wildman–Crippen LogP) is 3.04. The molecule has 0 unspecified atom stereocenters. The van der Waals surface area contributed by atoms with Crippen molar-refractivity contribution in [3.8, 4) is 6.07 Å². The molecule has 27 heavy (non-hydrogen) atoms. The van der Waals surface area contributed by atoms with E-state index in [1.54, 1.807) is 37.3 Å². The van der Waals surface area contributed by atoms with Gasteiger partial charge in [-0.1, -0.05) is 18.2 Å². The van der Waals surface area contributed by atoms with E-state index in [1.165, 1.54) is 23.2 Å². The van der Waals surface area contributed by atoms with E-state index >= 15 is 0 Å². The van der Waals surface area contributed by atoms with Crippen molar-refractivity contribution in [3.63, 3.8) is 0 Å². The first-order valence-electron chi connectivity index (χ1n) is 8.12. The van der Waals surface area contributed by atoms with Crippen LogP contribution in [0.2, 0.25) is 0 Å². The molecule has 0 aliphatic heterocycles. The Morgan fingerprint density at radius 3 is 2.48 bits per heavy atom. The second-order valence-corrected chi connectivity index (χ2v) is 6.94. The summed E-state index contributed by atoms with van der Waals surface area (Å²) in [6, 6.07) is 10.6. The second kappa shape index (κ2) is 8.96. The van der Waals surface area contributed by atoms with Gasteiger partial charge in [-0.2, -0.15) is 5.26 Å². The number of anilines is 2. The summed E-state index contributed by atoms with van der Waals surface area (Å²) in [4.78, 5) is 38.4. The fraction of sp³-hybridized carbons (Fsp3) is 0.263. The summed E-state index contributed by atoms with van der Waals surface area (Å²) in [5.74, 6) is -1.51. The quantitative estimate of drug-likeness (QED) is 0.609. The summed E-state index contributed by atoms with van der Waals surface area (Å²) in [6.45, 7) is 4.26. The monoisotopic (exact) mass is 385 g/mol. The van der Waals surface area contributed by atoms with Crippen LogP contribution < -0.4 is 10.2 Å². The molecule has 8 heteroatoms. The first-order valence-corrected chi connectivity index (χ1v) is 8.93. The maximum absolute atomic E-state index is 12.5. The van der Waals surface area contributed by atoms with Gasteiger partial charge in [0, 0.05) is 17.5 Å². The van der Waals surface area contributed by atoms with Crippen molar-refractivity contribution in [1.29, 1.82) is 5.26 Å². The van der Waals surface area contributed by atoms with Crippen molar-refractivity contribution in [2.75, 3.05) is 23.4 Å². The van der Waals surface area contributed by atoms with Gasteiger partial charge in [-0.15, -0.1) is 11.3 Å². The molecule has 1 aromatic carbocycles. The summed E-state index contributed by atoms with van der Waals surface area (Å²) in [5.41, 5.74) is 1.48. The molecular formula is C19H19N3O4S. The molecule has 0 bridgehead atoms. The van der Waals surface area contributed by atoms with E-state index in [1.807, 2.05) is 13.0 Å². The fourth-order valence-electron chi connectivity index (χ4n) is 2.40. The number of para-hydroxylation sites is 1. The number of thiophene rings is 1. The van der Waals surface area contributed by atoms with Crippen molar-refractivity contribution in [2.24, 2.45) is 0 Å². The Morgan fingerprint density at radius 1 is 1.22 bits per heavy atom. The van der Waals surface area contributed by atoms with Gasteiger partial charge >= 0.3 is 5.97 Å². The number of aryl methyl sites for hydroxylation is 1. The van der Waals surface area contributed by atoms with E-state index in [0.717, 1.165) is 4.88 Å². The lowest BCUT2D eigenvalue weighted by Gasteiger charge is -2.19. The summed E-state index contributed by atoms with van der Waals surface area (Å²) < 4.78 is 5.17. The van der Waals surface area contributed by atoms with Crippen LogP contribution in [0.5, 0.6) is 0 Å². The van der Waals surface area contributed by atoms with Crippen LogP contribution in [-0.4, -0.2) is 30.9 Å². The van der Waals surface area contributed by atoms with Gasteiger partial charge in [-0.3, -0.25) is 14.5 Å². The Morgan fingerprint density at radius 2 is 1.89 bits per heavy atom. The Kier molecular flexibility index (Phi) is 6.68. The number of nitrogens with one attached hydrogen (secondary N) is 1. The van der Waals surface area contributed by atoms with Gasteiger partial charge < -0.3 is 10.1 Å². The SMILES string of the molecule is CC(=O)Nc1sc(C)c(C)c1C(=O)OCC(=O)N(CC#N)c1ccccc1. The molecule has 1 heterocycles. The molecule has 0 aliphatic rings. The highest BCUT2D eigenvalue weighted by molar-refractivity contribution is 7.16. The minimum Gasteiger partial charge on any atom is -0.452 e. The van der Waals surface area contributed by atoms with Crippen molar-refractivity contribution in [2.45, 2.75) is 20.8 Å². The molecule has 0 saturated carbocycles. The second-order valence-electron chi connectivity index (χ2n) is 5.72. The number of nitrogens with zero attached hydrogens (tertiary/aromatic N) is 2. The molecule has 0 radical (unpaired) electrons. The third kappa shape index (κ3) is 4.92. The highest BCUT2D eigenvalue weighted by atomic mass is 32.1. The molecule has 0 aliphatic carbocycles. The third-order valence-electron chi connectivity index (χ3n) is 3.80. The number of rotatable bonds is 6. The van der Waals surface area contributed by atoms with Gasteiger partial charge in [0.05, 0.1) is 11.6 Å². The van der Waals surface area contributed by atoms with Gasteiger partial charge in [0.25, 0.3) is 5.91 Å². The highest BCUT2D eigenvalue weighted by Crippen LogP contribution is 2.33. The summed E-state index contributed by atoms with van der Waals surface area (Å²) in [7, 11) is 0. The molecular weight excluding hydrogens is 366 g/mol. The zero-order chi connectivity index (χ0) is 20.0. The lowest BCUT2D eigenvalue weighted by atomic mass is 10.1. The summed E-state index contributed by atoms with van der Waals surface area (Å²) >= 11 is 1.27. The van der Waals surface area contributed by atoms with Crippen molar-refractivity contribution in [1.82, 2.24) is 0 Å². The number of ether oxygens (including phenoxy) is 1. The van der Waals surface area contributed by atoms with Gasteiger partial charge in [0.1, 0.15) is 11.5 Å². The lowest BCUT2D eigenvalue weighted by molar-refractivity contribution is -0.121. The Labute approximate surface area is 161 Å². The molecule has 0 atom stereocenters. The first-order chi connectivity index (χ1) is 12.8. The van der Waals surface area contributed by atoms with E-state index in [0.29, 0.717) is 16.3 Å². The molecule has 2 rings (SSSR count). The van der Waals surface area contributed by atoms with Crippen molar-refractivity contribution < 1.29 is 19.1 Å². The van der Waals surface area contributed by atoms with Crippen LogP contribution in [0.1, 0.15) is 27.7 Å². The third-order valence-corrected chi connectivity index (χ3v) is 4.93. The number of carbonyl (C=O) groups is 3. The number of benzene rings is 1. The normalized spacial score (nSPS) is 10.0. The van der Waals surface area contributed by atoms with Gasteiger partial charge in [-0.25, -0.2) is 4.79 Å². The summed E-state index contributed by atoms with van der Waals surface area (Å²) in [5, 5.41) is 12.0. The zero-order valence-electron chi connectivity index (χ0n) is 15.2. The van der Waals surface area contributed by atoms with E-state index in [2.05, 4.69) is 5.32 Å². The van der Waals surface area contributed by atoms with E-state index in [4.69, 9.17) is 10.00 Å². The molecule has 0 spiro atoms. The van der Waals surface area contributed by atoms with Crippen LogP contribution in [0.3, 0.4) is 0 Å². The maximum Gasteiger partial charge on any atom is 0.341 e. The Balaban J connectivity index is 2.14. The molecule has 7 nitrogen and oxygen atoms in total. The maximum atomic E-state index is 12.5. The average Bonchev–Trinajstić information content (AvgIpc) is 2.91. The van der Waals surface area contributed by atoms with Crippen LogP contribution in [0.15, 0.2) is 30.3 Å². The Hall–Kier alpha value is -3.18. The standard InChI is InChI=1S/C19H19N3O4S/c1-12-13(2)27-18(21-14(3)23)17(12)19(25)26-11-16(24)22(10-9-20)15-7-5-4-6-8-15/h4-8H,10-11H2,1-3H3,(H,21,23). The van der Waals surface area contributed by atoms with Crippen LogP contribution >= 0.6 is 11.3 Å². The smallest absolute Gasteiger partial charge is 0.341 e. The topological polar surface area (TPSA) is 99.5 Å². The molecule has 0 fully saturated rings. The average molecular weight is 385 g/mol. The van der Waals surface area contributed by atoms with Gasteiger partial charge in [-0.05, 0) is 31.5 Å². The molecule has 1 N–H and O–H groups in total. The van der Waals surface area contributed by atoms with E-state index in [9.17, 15) is 14.4 Å². The fourth-order valence-corrected chi connectivity index (χ4v) is 3.49.